The maximum Gasteiger partial charge on any atom is 0.223 e. The lowest BCUT2D eigenvalue weighted by molar-refractivity contribution is -0.132. The Kier molecular flexibility index (Phi) is 10.8. The van der Waals surface area contributed by atoms with Gasteiger partial charge in [0, 0.05) is 25.4 Å². The van der Waals surface area contributed by atoms with Gasteiger partial charge in [0.1, 0.15) is 17.1 Å². The van der Waals surface area contributed by atoms with Crippen LogP contribution in [0.2, 0.25) is 0 Å². The van der Waals surface area contributed by atoms with E-state index in [1.807, 2.05) is 35.2 Å². The molecule has 2 aliphatic rings. The van der Waals surface area contributed by atoms with Crippen molar-refractivity contribution in [2.45, 2.75) is 50.8 Å². The number of Topliss-reactive ketones (excluding diaryl/α,β-unsaturated/α-hetero) is 2. The third kappa shape index (κ3) is 8.95. The molecule has 2 N–H and O–H groups in total. The fourth-order valence-corrected chi connectivity index (χ4v) is 5.03. The van der Waals surface area contributed by atoms with Gasteiger partial charge in [0.05, 0.1) is 52.0 Å². The molecule has 4 rings (SSSR count). The van der Waals surface area contributed by atoms with E-state index < -0.39 is 23.6 Å². The minimum atomic E-state index is -0.903. The topological polar surface area (TPSA) is 127 Å². The van der Waals surface area contributed by atoms with Crippen LogP contribution in [0.4, 0.5) is 0 Å². The molecule has 4 atom stereocenters. The van der Waals surface area contributed by atoms with Crippen LogP contribution in [0.15, 0.2) is 54.6 Å². The first kappa shape index (κ1) is 31.3. The van der Waals surface area contributed by atoms with Gasteiger partial charge >= 0.3 is 0 Å². The van der Waals surface area contributed by atoms with Crippen LogP contribution in [0.5, 0.6) is 5.75 Å². The number of carbonyl (C=O) groups excluding carboxylic acids is 4. The summed E-state index contributed by atoms with van der Waals surface area (Å²) in [6, 6.07) is 15.1. The Hall–Kier alpha value is -3.60. The summed E-state index contributed by atoms with van der Waals surface area (Å²) in [5.74, 6) is -0.850. The van der Waals surface area contributed by atoms with E-state index >= 15 is 0 Å². The molecule has 0 spiro atoms. The van der Waals surface area contributed by atoms with Crippen molar-refractivity contribution in [3.05, 3.63) is 65.7 Å². The van der Waals surface area contributed by atoms with Gasteiger partial charge < -0.3 is 24.8 Å². The first-order valence-corrected chi connectivity index (χ1v) is 14.4. The molecule has 226 valence electrons. The van der Waals surface area contributed by atoms with Crippen LogP contribution in [0, 0.1) is 5.92 Å². The van der Waals surface area contributed by atoms with Gasteiger partial charge in [0.2, 0.25) is 11.8 Å². The molecule has 2 saturated heterocycles. The number of morpholine rings is 1. The average Bonchev–Trinajstić information content (AvgIpc) is 3.75. The van der Waals surface area contributed by atoms with Gasteiger partial charge in [-0.1, -0.05) is 49.4 Å². The van der Waals surface area contributed by atoms with Crippen LogP contribution >= 0.6 is 0 Å². The third-order valence-electron chi connectivity index (χ3n) is 7.74. The van der Waals surface area contributed by atoms with Crippen LogP contribution in [-0.2, 0) is 35.1 Å². The number of benzene rings is 2. The quantitative estimate of drug-likeness (QED) is 0.308. The summed E-state index contributed by atoms with van der Waals surface area (Å²) < 4.78 is 16.0. The highest BCUT2D eigenvalue weighted by Crippen LogP contribution is 2.29. The Bertz CT molecular complexity index is 1220. The van der Waals surface area contributed by atoms with E-state index in [4.69, 9.17) is 14.2 Å². The average molecular weight is 580 g/mol. The van der Waals surface area contributed by atoms with Crippen molar-refractivity contribution in [1.82, 2.24) is 15.5 Å². The second kappa shape index (κ2) is 14.5. The predicted molar refractivity (Wildman–Crippen MR) is 156 cm³/mol. The Morgan fingerprint density at radius 1 is 0.976 bits per heavy atom. The highest BCUT2D eigenvalue weighted by molar-refractivity contribution is 5.97. The normalized spacial score (nSPS) is 20.5. The maximum absolute atomic E-state index is 13.4. The molecule has 0 saturated carbocycles. The smallest absolute Gasteiger partial charge is 0.223 e. The molecular formula is C32H41N3O7. The Morgan fingerprint density at radius 3 is 2.26 bits per heavy atom. The summed E-state index contributed by atoms with van der Waals surface area (Å²) in [5.41, 5.74) is 0.713. The summed E-state index contributed by atoms with van der Waals surface area (Å²) in [6.45, 7) is 6.62. The summed E-state index contributed by atoms with van der Waals surface area (Å²) >= 11 is 0. The fraction of sp³-hybridized carbons (Fsp3) is 0.500. The molecule has 2 amide bonds. The highest BCUT2D eigenvalue weighted by atomic mass is 16.6. The van der Waals surface area contributed by atoms with Crippen LogP contribution in [0.3, 0.4) is 0 Å². The highest BCUT2D eigenvalue weighted by Gasteiger charge is 2.50. The summed E-state index contributed by atoms with van der Waals surface area (Å²) in [4.78, 5) is 54.6. The number of ketones is 2. The number of hydrogen-bond donors (Lipinski definition) is 2. The molecule has 0 radical (unpaired) electrons. The van der Waals surface area contributed by atoms with Crippen molar-refractivity contribution in [3.63, 3.8) is 0 Å². The lowest BCUT2D eigenvalue weighted by atomic mass is 9.94. The van der Waals surface area contributed by atoms with Gasteiger partial charge in [-0.3, -0.25) is 24.1 Å². The van der Waals surface area contributed by atoms with Gasteiger partial charge in [-0.05, 0) is 36.6 Å². The van der Waals surface area contributed by atoms with Crippen LogP contribution < -0.4 is 15.4 Å². The number of epoxide rings is 1. The molecule has 2 aliphatic heterocycles. The second-order valence-corrected chi connectivity index (χ2v) is 11.3. The molecule has 2 aromatic rings. The monoisotopic (exact) mass is 579 g/mol. The number of carbonyl (C=O) groups is 4. The van der Waals surface area contributed by atoms with E-state index in [1.54, 1.807) is 45.2 Å². The van der Waals surface area contributed by atoms with Crippen molar-refractivity contribution >= 4 is 23.4 Å². The standard InChI is InChI=1S/C32H41N3O7/c1-22(17-25(36)20-35-13-15-41-16-14-35)31(39)34-27(24-9-11-26(40-3)12-10-24)19-29(37)33-28(30(38)32(2)21-42-32)18-23-7-5-4-6-8-23/h4-12,22,27-28H,13-21H2,1-3H3,(H,33,37)(H,34,39)/t22-,27-,28+,32-/m1/s1. The fourth-order valence-electron chi connectivity index (χ4n) is 5.03. The number of methoxy groups -OCH3 is 1. The molecule has 2 fully saturated rings. The first-order chi connectivity index (χ1) is 20.2. The molecule has 0 aromatic heterocycles. The lowest BCUT2D eigenvalue weighted by Gasteiger charge is -2.26. The number of hydrogen-bond acceptors (Lipinski definition) is 8. The SMILES string of the molecule is COc1ccc([C@@H](CC(=O)N[C@@H](Cc2ccccc2)C(=O)[C@@]2(C)CO2)NC(=O)[C@H](C)CC(=O)CN2CCOCC2)cc1. The molecule has 0 bridgehead atoms. The summed E-state index contributed by atoms with van der Waals surface area (Å²) in [5, 5.41) is 5.87. The van der Waals surface area contributed by atoms with Crippen molar-refractivity contribution in [2.24, 2.45) is 5.92 Å². The van der Waals surface area contributed by atoms with Crippen LogP contribution in [-0.4, -0.2) is 86.5 Å². The number of nitrogens with zero attached hydrogens (tertiary/aromatic N) is 1. The van der Waals surface area contributed by atoms with Gasteiger partial charge in [0.25, 0.3) is 0 Å². The van der Waals surface area contributed by atoms with E-state index in [0.717, 1.165) is 5.56 Å². The molecular weight excluding hydrogens is 538 g/mol. The van der Waals surface area contributed by atoms with Gasteiger partial charge in [-0.25, -0.2) is 0 Å². The molecule has 2 heterocycles. The number of ether oxygens (including phenoxy) is 3. The zero-order valence-corrected chi connectivity index (χ0v) is 24.6. The summed E-state index contributed by atoms with van der Waals surface area (Å²) in [6.07, 6.45) is 0.325. The third-order valence-corrected chi connectivity index (χ3v) is 7.74. The van der Waals surface area contributed by atoms with Crippen molar-refractivity contribution in [1.29, 1.82) is 0 Å². The van der Waals surface area contributed by atoms with Crippen LogP contribution in [0.1, 0.15) is 43.9 Å². The molecule has 2 aromatic carbocycles. The molecule has 42 heavy (non-hydrogen) atoms. The Morgan fingerprint density at radius 2 is 1.64 bits per heavy atom. The van der Waals surface area contributed by atoms with E-state index in [9.17, 15) is 19.2 Å². The van der Waals surface area contributed by atoms with Crippen LogP contribution in [0.25, 0.3) is 0 Å². The Balaban J connectivity index is 1.43. The minimum Gasteiger partial charge on any atom is -0.497 e. The number of amides is 2. The van der Waals surface area contributed by atoms with E-state index in [0.29, 0.717) is 50.6 Å². The molecule has 10 nitrogen and oxygen atoms in total. The van der Waals surface area contributed by atoms with Gasteiger partial charge in [-0.2, -0.15) is 0 Å². The van der Waals surface area contributed by atoms with E-state index in [-0.39, 0.29) is 42.8 Å². The van der Waals surface area contributed by atoms with Crippen molar-refractivity contribution < 1.29 is 33.4 Å². The van der Waals surface area contributed by atoms with Gasteiger partial charge in [-0.15, -0.1) is 0 Å². The lowest BCUT2D eigenvalue weighted by Crippen LogP contribution is -2.48. The minimum absolute atomic E-state index is 0.0173. The van der Waals surface area contributed by atoms with E-state index in [1.165, 1.54) is 0 Å². The number of rotatable bonds is 15. The van der Waals surface area contributed by atoms with Crippen molar-refractivity contribution in [2.75, 3.05) is 46.6 Å². The van der Waals surface area contributed by atoms with Crippen molar-refractivity contribution in [3.8, 4) is 5.75 Å². The zero-order chi connectivity index (χ0) is 30.1. The van der Waals surface area contributed by atoms with Gasteiger partial charge in [0.15, 0.2) is 5.78 Å². The molecule has 0 unspecified atom stereocenters. The largest absolute Gasteiger partial charge is 0.497 e. The Labute approximate surface area is 247 Å². The van der Waals surface area contributed by atoms with E-state index in [2.05, 4.69) is 10.6 Å². The first-order valence-electron chi connectivity index (χ1n) is 14.4. The molecule has 0 aliphatic carbocycles. The molecule has 10 heteroatoms. The zero-order valence-electron chi connectivity index (χ0n) is 24.6. The maximum atomic E-state index is 13.4. The number of nitrogens with one attached hydrogen (secondary N) is 2. The summed E-state index contributed by atoms with van der Waals surface area (Å²) in [7, 11) is 1.56. The second-order valence-electron chi connectivity index (χ2n) is 11.3. The predicted octanol–water partition coefficient (Wildman–Crippen LogP) is 2.26.